The van der Waals surface area contributed by atoms with Gasteiger partial charge in [0.15, 0.2) is 0 Å². The van der Waals surface area contributed by atoms with Crippen molar-refractivity contribution >= 4 is 0 Å². The Morgan fingerprint density at radius 2 is 2.09 bits per heavy atom. The maximum absolute atomic E-state index is 9.75. The molecule has 3 aliphatic carbocycles. The highest BCUT2D eigenvalue weighted by atomic mass is 16.5. The van der Waals surface area contributed by atoms with Gasteiger partial charge in [0, 0.05) is 6.61 Å². The van der Waals surface area contributed by atoms with Crippen LogP contribution in [0.1, 0.15) is 63.0 Å². The molecule has 0 aliphatic heterocycles. The van der Waals surface area contributed by atoms with Crippen molar-refractivity contribution in [2.75, 3.05) is 6.61 Å². The largest absolute Gasteiger partial charge is 0.508 e. The predicted octanol–water partition coefficient (Wildman–Crippen LogP) is 4.65. The van der Waals surface area contributed by atoms with E-state index in [1.807, 2.05) is 12.1 Å². The lowest BCUT2D eigenvalue weighted by atomic mass is 9.55. The van der Waals surface area contributed by atoms with Crippen molar-refractivity contribution in [2.24, 2.45) is 17.3 Å². The third-order valence-corrected chi connectivity index (χ3v) is 6.99. The number of fused-ring (bicyclic) bond motifs is 5. The molecule has 5 atom stereocenters. The van der Waals surface area contributed by atoms with E-state index in [9.17, 15) is 5.11 Å². The van der Waals surface area contributed by atoms with Crippen LogP contribution in [0.5, 0.6) is 5.75 Å². The lowest BCUT2D eigenvalue weighted by molar-refractivity contribution is -0.0600. The maximum atomic E-state index is 9.75. The average Bonchev–Trinajstić information content (AvgIpc) is 2.84. The molecule has 2 heteroatoms. The van der Waals surface area contributed by atoms with Gasteiger partial charge in [0.2, 0.25) is 0 Å². The smallest absolute Gasteiger partial charge is 0.115 e. The van der Waals surface area contributed by atoms with Crippen LogP contribution in [-0.2, 0) is 11.2 Å². The van der Waals surface area contributed by atoms with Crippen molar-refractivity contribution in [1.29, 1.82) is 0 Å². The van der Waals surface area contributed by atoms with E-state index in [-0.39, 0.29) is 0 Å². The van der Waals surface area contributed by atoms with Gasteiger partial charge in [0.25, 0.3) is 0 Å². The second-order valence-electron chi connectivity index (χ2n) is 7.86. The van der Waals surface area contributed by atoms with E-state index in [0.717, 1.165) is 24.9 Å². The number of phenolic OH excluding ortho intramolecular Hbond substituents is 1. The molecular formula is C20H28O2. The summed E-state index contributed by atoms with van der Waals surface area (Å²) in [5.74, 6) is 2.78. The fraction of sp³-hybridized carbons (Fsp3) is 0.700. The maximum Gasteiger partial charge on any atom is 0.115 e. The van der Waals surface area contributed by atoms with Gasteiger partial charge in [-0.1, -0.05) is 13.0 Å². The van der Waals surface area contributed by atoms with Gasteiger partial charge in [-0.05, 0) is 91.9 Å². The molecule has 22 heavy (non-hydrogen) atoms. The molecule has 0 amide bonds. The summed E-state index contributed by atoms with van der Waals surface area (Å²) in [7, 11) is 0. The Hall–Kier alpha value is -1.02. The summed E-state index contributed by atoms with van der Waals surface area (Å²) >= 11 is 0. The Morgan fingerprint density at radius 1 is 1.23 bits per heavy atom. The van der Waals surface area contributed by atoms with Crippen LogP contribution in [0, 0.1) is 17.3 Å². The van der Waals surface area contributed by atoms with Crippen LogP contribution >= 0.6 is 0 Å². The minimum absolute atomic E-state index is 0.394. The topological polar surface area (TPSA) is 29.5 Å². The van der Waals surface area contributed by atoms with Crippen LogP contribution in [0.2, 0.25) is 0 Å². The molecule has 1 aromatic rings. The van der Waals surface area contributed by atoms with E-state index in [4.69, 9.17) is 4.74 Å². The molecule has 3 aliphatic rings. The van der Waals surface area contributed by atoms with E-state index >= 15 is 0 Å². The first-order chi connectivity index (χ1) is 10.6. The molecular weight excluding hydrogens is 272 g/mol. The Labute approximate surface area is 133 Å². The number of rotatable bonds is 2. The second-order valence-corrected chi connectivity index (χ2v) is 7.86. The second kappa shape index (κ2) is 5.26. The Bertz CT molecular complexity index is 567. The van der Waals surface area contributed by atoms with E-state index in [0.29, 0.717) is 23.2 Å². The molecule has 0 aromatic heterocycles. The minimum Gasteiger partial charge on any atom is -0.508 e. The van der Waals surface area contributed by atoms with Crippen molar-refractivity contribution in [1.82, 2.24) is 0 Å². The highest BCUT2D eigenvalue weighted by Gasteiger charge is 2.55. The van der Waals surface area contributed by atoms with E-state index in [1.165, 1.54) is 43.2 Å². The molecule has 0 spiro atoms. The summed E-state index contributed by atoms with van der Waals surface area (Å²) in [6.07, 6.45) is 8.08. The van der Waals surface area contributed by atoms with Gasteiger partial charge in [0.05, 0.1) is 6.10 Å². The zero-order valence-electron chi connectivity index (χ0n) is 13.8. The SMILES string of the molecule is CCO[C@H]1CC[C@H]2[C@@H]3CCc4cc(O)ccc4C3CC[C@]12C. The summed E-state index contributed by atoms with van der Waals surface area (Å²) < 4.78 is 6.11. The average molecular weight is 300 g/mol. The van der Waals surface area contributed by atoms with Crippen molar-refractivity contribution in [3.63, 3.8) is 0 Å². The number of benzene rings is 1. The number of aryl methyl sites for hydroxylation is 1. The number of ether oxygens (including phenoxy) is 1. The zero-order valence-corrected chi connectivity index (χ0v) is 13.8. The van der Waals surface area contributed by atoms with Crippen molar-refractivity contribution in [2.45, 2.75) is 64.4 Å². The van der Waals surface area contributed by atoms with Crippen molar-refractivity contribution in [3.05, 3.63) is 29.3 Å². The molecule has 0 radical (unpaired) electrons. The van der Waals surface area contributed by atoms with Gasteiger partial charge in [-0.2, -0.15) is 0 Å². The third kappa shape index (κ3) is 2.03. The van der Waals surface area contributed by atoms with Crippen molar-refractivity contribution in [3.8, 4) is 5.75 Å². The predicted molar refractivity (Wildman–Crippen MR) is 88.1 cm³/mol. The first-order valence-electron chi connectivity index (χ1n) is 9.07. The minimum atomic E-state index is 0.394. The van der Waals surface area contributed by atoms with E-state index in [1.54, 1.807) is 0 Å². The van der Waals surface area contributed by atoms with Crippen LogP contribution in [0.15, 0.2) is 18.2 Å². The lowest BCUT2D eigenvalue weighted by Crippen LogP contribution is -2.44. The summed E-state index contributed by atoms with van der Waals surface area (Å²) in [5, 5.41) is 9.75. The fourth-order valence-electron chi connectivity index (χ4n) is 6.00. The molecule has 1 unspecified atom stereocenters. The first kappa shape index (κ1) is 14.6. The first-order valence-corrected chi connectivity index (χ1v) is 9.07. The lowest BCUT2D eigenvalue weighted by Gasteiger charge is -2.50. The van der Waals surface area contributed by atoms with Gasteiger partial charge in [-0.3, -0.25) is 0 Å². The van der Waals surface area contributed by atoms with Gasteiger partial charge < -0.3 is 9.84 Å². The Kier molecular flexibility index (Phi) is 3.48. The standard InChI is InChI=1S/C20H28O2/c1-3-22-19-9-8-18-17-6-4-13-12-14(21)5-7-15(13)16(17)10-11-20(18,19)2/h5,7,12,16-19,21H,3-4,6,8-11H2,1-2H3/t16?,17-,18+,19+,20+/m1/s1. The molecule has 2 saturated carbocycles. The highest BCUT2D eigenvalue weighted by Crippen LogP contribution is 2.61. The molecule has 2 nitrogen and oxygen atoms in total. The number of hydrogen-bond donors (Lipinski definition) is 1. The normalized spacial score (nSPS) is 39.9. The molecule has 1 aromatic carbocycles. The van der Waals surface area contributed by atoms with Crippen LogP contribution in [0.25, 0.3) is 0 Å². The highest BCUT2D eigenvalue weighted by molar-refractivity contribution is 5.40. The van der Waals surface area contributed by atoms with Crippen molar-refractivity contribution < 1.29 is 9.84 Å². The van der Waals surface area contributed by atoms with E-state index in [2.05, 4.69) is 19.9 Å². The molecule has 4 rings (SSSR count). The van der Waals surface area contributed by atoms with Gasteiger partial charge in [0.1, 0.15) is 5.75 Å². The summed E-state index contributed by atoms with van der Waals surface area (Å²) in [6, 6.07) is 6.07. The molecule has 0 saturated heterocycles. The fourth-order valence-corrected chi connectivity index (χ4v) is 6.00. The number of aromatic hydroxyl groups is 1. The van der Waals surface area contributed by atoms with Crippen LogP contribution in [0.3, 0.4) is 0 Å². The molecule has 0 heterocycles. The zero-order chi connectivity index (χ0) is 15.3. The molecule has 120 valence electrons. The summed E-state index contributed by atoms with van der Waals surface area (Å²) in [6.45, 7) is 5.47. The molecule has 0 bridgehead atoms. The van der Waals surface area contributed by atoms with Crippen LogP contribution < -0.4 is 0 Å². The van der Waals surface area contributed by atoms with Crippen LogP contribution in [0.4, 0.5) is 0 Å². The van der Waals surface area contributed by atoms with Gasteiger partial charge >= 0.3 is 0 Å². The monoisotopic (exact) mass is 300 g/mol. The summed E-state index contributed by atoms with van der Waals surface area (Å²) in [5.41, 5.74) is 3.31. The van der Waals surface area contributed by atoms with Crippen LogP contribution in [-0.4, -0.2) is 17.8 Å². The third-order valence-electron chi connectivity index (χ3n) is 6.99. The van der Waals surface area contributed by atoms with Gasteiger partial charge in [-0.25, -0.2) is 0 Å². The number of hydrogen-bond acceptors (Lipinski definition) is 2. The molecule has 2 fully saturated rings. The van der Waals surface area contributed by atoms with E-state index < -0.39 is 0 Å². The Morgan fingerprint density at radius 3 is 2.91 bits per heavy atom. The molecule has 1 N–H and O–H groups in total. The van der Waals surface area contributed by atoms with Gasteiger partial charge in [-0.15, -0.1) is 0 Å². The Balaban J connectivity index is 1.64. The quantitative estimate of drug-likeness (QED) is 0.861. The summed E-state index contributed by atoms with van der Waals surface area (Å²) in [4.78, 5) is 0. The number of phenols is 1.